The summed E-state index contributed by atoms with van der Waals surface area (Å²) in [5.41, 5.74) is 0. The molecule has 0 aromatic carbocycles. The highest BCUT2D eigenvalue weighted by Crippen LogP contribution is 2.25. The molecule has 0 aliphatic heterocycles. The van der Waals surface area contributed by atoms with E-state index in [1.54, 1.807) is 7.11 Å². The highest BCUT2D eigenvalue weighted by atomic mass is 31.1. The quantitative estimate of drug-likeness (QED) is 0.259. The van der Waals surface area contributed by atoms with E-state index in [1.807, 2.05) is 12.7 Å². The summed E-state index contributed by atoms with van der Waals surface area (Å²) in [5, 5.41) is 9.99. The summed E-state index contributed by atoms with van der Waals surface area (Å²) in [7, 11) is 6.28. The minimum absolute atomic E-state index is 0.0473. The summed E-state index contributed by atoms with van der Waals surface area (Å²) in [6.07, 6.45) is 3.34. The molecule has 0 spiro atoms. The predicted octanol–water partition coefficient (Wildman–Crippen LogP) is 2.46. The van der Waals surface area contributed by atoms with Gasteiger partial charge in [-0.3, -0.25) is 0 Å². The Labute approximate surface area is 119 Å². The maximum Gasteiger partial charge on any atom is 0.148 e. The first kappa shape index (κ1) is 19.1. The lowest BCUT2D eigenvalue weighted by molar-refractivity contribution is -0.102. The molecule has 2 radical (unpaired) electrons. The van der Waals surface area contributed by atoms with Crippen molar-refractivity contribution in [2.75, 3.05) is 27.2 Å². The molecule has 0 aliphatic carbocycles. The molecule has 0 aromatic rings. The molecule has 6 heteroatoms. The van der Waals surface area contributed by atoms with Gasteiger partial charge in [0, 0.05) is 7.11 Å². The molecular weight excluding hydrogens is 262 g/mol. The molecule has 1 unspecified atom stereocenters. The third-order valence-electron chi connectivity index (χ3n) is 2.82. The smallest absolute Gasteiger partial charge is 0.148 e. The van der Waals surface area contributed by atoms with Crippen molar-refractivity contribution in [1.29, 1.82) is 0 Å². The Kier molecular flexibility index (Phi) is 11.9. The van der Waals surface area contributed by atoms with Crippen molar-refractivity contribution in [2.24, 2.45) is 5.92 Å². The lowest BCUT2D eigenvalue weighted by atomic mass is 9.95. The van der Waals surface area contributed by atoms with Crippen LogP contribution >= 0.6 is 8.03 Å². The van der Waals surface area contributed by atoms with E-state index in [9.17, 15) is 5.11 Å². The number of hydrogen-bond acceptors (Lipinski definition) is 4. The number of methoxy groups -OCH3 is 1. The minimum atomic E-state index is -0.855. The van der Waals surface area contributed by atoms with Crippen LogP contribution < -0.4 is 0 Å². The first-order chi connectivity index (χ1) is 9.01. The summed E-state index contributed by atoms with van der Waals surface area (Å²) >= 11 is 0. The average molecular weight is 288 g/mol. The lowest BCUT2D eigenvalue weighted by Crippen LogP contribution is -2.28. The van der Waals surface area contributed by atoms with Crippen LogP contribution in [0.5, 0.6) is 0 Å². The maximum absolute atomic E-state index is 9.99. The molecule has 0 rings (SSSR count). The third kappa shape index (κ3) is 10.5. The fourth-order valence-corrected chi connectivity index (χ4v) is 2.15. The lowest BCUT2D eigenvalue weighted by Gasteiger charge is -2.25. The average Bonchev–Trinajstić information content (AvgIpc) is 2.34. The van der Waals surface area contributed by atoms with E-state index in [0.29, 0.717) is 25.4 Å². The fourth-order valence-electron chi connectivity index (χ4n) is 1.75. The summed E-state index contributed by atoms with van der Waals surface area (Å²) in [4.78, 5) is 0. The summed E-state index contributed by atoms with van der Waals surface area (Å²) in [6.45, 7) is 8.36. The first-order valence-electron chi connectivity index (χ1n) is 6.52. The Morgan fingerprint density at radius 1 is 1.47 bits per heavy atom. The molecule has 0 saturated heterocycles. The second kappa shape index (κ2) is 11.9. The van der Waals surface area contributed by atoms with E-state index in [0.717, 1.165) is 6.42 Å². The van der Waals surface area contributed by atoms with Crippen LogP contribution in [0.15, 0.2) is 12.7 Å². The van der Waals surface area contributed by atoms with Crippen LogP contribution in [0.1, 0.15) is 26.2 Å². The van der Waals surface area contributed by atoms with Gasteiger partial charge in [0.15, 0.2) is 0 Å². The molecule has 0 heterocycles. The zero-order chi connectivity index (χ0) is 14.7. The number of allylic oxidation sites excluding steroid dienone is 1. The minimum Gasteiger partial charge on any atom is -0.393 e. The molecule has 0 fully saturated rings. The van der Waals surface area contributed by atoms with Gasteiger partial charge in [-0.2, -0.15) is 0 Å². The van der Waals surface area contributed by atoms with Crippen molar-refractivity contribution < 1.29 is 19.1 Å². The first-order valence-corrected chi connectivity index (χ1v) is 8.29. The summed E-state index contributed by atoms with van der Waals surface area (Å²) in [5.74, 6) is 0.293. The van der Waals surface area contributed by atoms with Gasteiger partial charge < -0.3 is 19.1 Å². The molecular formula is C13H26BO4P. The van der Waals surface area contributed by atoms with Crippen molar-refractivity contribution in [1.82, 2.24) is 0 Å². The molecule has 0 amide bonds. The van der Waals surface area contributed by atoms with Gasteiger partial charge in [-0.1, -0.05) is 13.0 Å². The van der Waals surface area contributed by atoms with Crippen molar-refractivity contribution in [3.8, 4) is 0 Å². The maximum atomic E-state index is 9.99. The normalized spacial score (nSPS) is 17.7. The zero-order valence-electron chi connectivity index (χ0n) is 12.2. The van der Waals surface area contributed by atoms with Crippen molar-refractivity contribution >= 4 is 15.6 Å². The Bertz CT molecular complexity index is 229. The van der Waals surface area contributed by atoms with Crippen LogP contribution in [0.2, 0.25) is 0 Å². The Morgan fingerprint density at radius 2 is 2.16 bits per heavy atom. The molecule has 0 bridgehead atoms. The van der Waals surface area contributed by atoms with Crippen LogP contribution in [0.25, 0.3) is 0 Å². The van der Waals surface area contributed by atoms with Gasteiger partial charge in [-0.15, -0.1) is 6.58 Å². The number of ether oxygens (including phenoxy) is 2. The molecule has 0 aliphatic rings. The second-order valence-electron chi connectivity index (χ2n) is 4.67. The fraction of sp³-hybridized carbons (Fsp3) is 0.846. The van der Waals surface area contributed by atoms with E-state index in [-0.39, 0.29) is 12.9 Å². The van der Waals surface area contributed by atoms with Gasteiger partial charge in [0.2, 0.25) is 0 Å². The predicted molar refractivity (Wildman–Crippen MR) is 80.5 cm³/mol. The van der Waals surface area contributed by atoms with Gasteiger partial charge in [0.05, 0.1) is 18.8 Å². The van der Waals surface area contributed by atoms with E-state index in [1.165, 1.54) is 0 Å². The number of aliphatic hydroxyl groups excluding tert-OH is 1. The van der Waals surface area contributed by atoms with E-state index < -0.39 is 14.1 Å². The summed E-state index contributed by atoms with van der Waals surface area (Å²) < 4.78 is 15.8. The Morgan fingerprint density at radius 3 is 2.68 bits per heavy atom. The number of aliphatic hydroxyl groups is 1. The van der Waals surface area contributed by atoms with Gasteiger partial charge in [-0.05, 0) is 39.9 Å². The van der Waals surface area contributed by atoms with Gasteiger partial charge >= 0.3 is 0 Å². The molecule has 4 nitrogen and oxygen atoms in total. The molecule has 1 N–H and O–H groups in total. The van der Waals surface area contributed by atoms with E-state index in [4.69, 9.17) is 21.6 Å². The second-order valence-corrected chi connectivity index (χ2v) is 6.02. The number of rotatable bonds is 12. The van der Waals surface area contributed by atoms with Gasteiger partial charge in [-0.25, -0.2) is 0 Å². The van der Waals surface area contributed by atoms with E-state index >= 15 is 0 Å². The largest absolute Gasteiger partial charge is 0.393 e. The van der Waals surface area contributed by atoms with E-state index in [2.05, 4.69) is 13.5 Å². The number of hydrogen-bond donors (Lipinski definition) is 1. The van der Waals surface area contributed by atoms with Crippen LogP contribution in [-0.4, -0.2) is 52.1 Å². The van der Waals surface area contributed by atoms with Crippen molar-refractivity contribution in [3.05, 3.63) is 12.7 Å². The molecule has 110 valence electrons. The van der Waals surface area contributed by atoms with Gasteiger partial charge in [0.1, 0.15) is 14.4 Å². The van der Waals surface area contributed by atoms with Crippen LogP contribution in [0, 0.1) is 5.92 Å². The SMILES string of the molecule is [B]P(C)OCC[C@@H](O)C[C@@H](OCOC)[C@@H](C)CC=C. The standard InChI is InChI=1S/C13H26BO4P/c1-5-6-11(2)13(17-10-16-3)9-12(15)7-8-18-19(4)14/h5,11-13,15H,1,6-10H2,2-4H3/t11-,12+,13+,19?/m0/s1. The van der Waals surface area contributed by atoms with Crippen LogP contribution in [-0.2, 0) is 14.0 Å². The highest BCUT2D eigenvalue weighted by molar-refractivity contribution is 7.77. The Hall–Kier alpha value is 0.0749. The summed E-state index contributed by atoms with van der Waals surface area (Å²) in [6, 6.07) is 0. The molecule has 0 saturated carbocycles. The zero-order valence-corrected chi connectivity index (χ0v) is 13.1. The van der Waals surface area contributed by atoms with Crippen molar-refractivity contribution in [3.63, 3.8) is 0 Å². The van der Waals surface area contributed by atoms with Crippen molar-refractivity contribution in [2.45, 2.75) is 38.4 Å². The Balaban J connectivity index is 4.09. The molecule has 0 aromatic heterocycles. The topological polar surface area (TPSA) is 47.9 Å². The van der Waals surface area contributed by atoms with Crippen LogP contribution in [0.3, 0.4) is 0 Å². The highest BCUT2D eigenvalue weighted by Gasteiger charge is 2.21. The molecule has 4 atom stereocenters. The monoisotopic (exact) mass is 288 g/mol. The van der Waals surface area contributed by atoms with Gasteiger partial charge in [0.25, 0.3) is 0 Å². The molecule has 19 heavy (non-hydrogen) atoms. The third-order valence-corrected chi connectivity index (χ3v) is 3.41. The van der Waals surface area contributed by atoms with Crippen LogP contribution in [0.4, 0.5) is 0 Å².